The lowest BCUT2D eigenvalue weighted by molar-refractivity contribution is -0.207. The van der Waals surface area contributed by atoms with Gasteiger partial charge in [0.25, 0.3) is 0 Å². The first kappa shape index (κ1) is 41.9. The Morgan fingerprint density at radius 1 is 0.961 bits per heavy atom. The van der Waals surface area contributed by atoms with E-state index in [4.69, 9.17) is 23.7 Å². The summed E-state index contributed by atoms with van der Waals surface area (Å²) in [4.78, 5) is 75.8. The Hall–Kier alpha value is -3.54. The van der Waals surface area contributed by atoms with Crippen molar-refractivity contribution in [2.24, 2.45) is 39.9 Å². The van der Waals surface area contributed by atoms with Gasteiger partial charge in [0.05, 0.1) is 20.1 Å². The minimum absolute atomic E-state index is 0.00762. The van der Waals surface area contributed by atoms with Crippen LogP contribution in [-0.2, 0) is 52.5 Å². The lowest BCUT2D eigenvalue weighted by Gasteiger charge is -2.66. The molecule has 12 heteroatoms. The molecular weight excluding hydrogens is 660 g/mol. The molecule has 0 bridgehead atoms. The normalized spacial score (nSPS) is 31.7. The summed E-state index contributed by atoms with van der Waals surface area (Å²) in [6.07, 6.45) is 1.31. The van der Waals surface area contributed by atoms with Crippen molar-refractivity contribution in [3.8, 4) is 0 Å². The average molecular weight is 719 g/mol. The van der Waals surface area contributed by atoms with Crippen molar-refractivity contribution in [1.82, 2.24) is 0 Å². The number of Topliss-reactive ketones (excluding diaryl/α,β-unsaturated/α-hetero) is 1. The lowest BCUT2D eigenvalue weighted by Crippen LogP contribution is -2.65. The maximum Gasteiger partial charge on any atom is 0.309 e. The van der Waals surface area contributed by atoms with Gasteiger partial charge in [0, 0.05) is 44.4 Å². The van der Waals surface area contributed by atoms with Crippen molar-refractivity contribution in [3.05, 3.63) is 23.8 Å². The van der Waals surface area contributed by atoms with Gasteiger partial charge in [-0.3, -0.25) is 28.8 Å². The zero-order valence-corrected chi connectivity index (χ0v) is 32.2. The van der Waals surface area contributed by atoms with E-state index in [1.54, 1.807) is 0 Å². The van der Waals surface area contributed by atoms with Gasteiger partial charge in [-0.1, -0.05) is 44.6 Å². The largest absolute Gasteiger partial charge is 0.469 e. The molecule has 3 aliphatic rings. The van der Waals surface area contributed by atoms with E-state index in [1.165, 1.54) is 48.7 Å². The van der Waals surface area contributed by atoms with Crippen molar-refractivity contribution >= 4 is 35.6 Å². The number of aliphatic hydroxyl groups is 1. The highest BCUT2D eigenvalue weighted by atomic mass is 16.6. The van der Waals surface area contributed by atoms with Crippen LogP contribution in [0.2, 0.25) is 0 Å². The molecule has 10 atom stereocenters. The number of esters is 5. The van der Waals surface area contributed by atoms with Crippen molar-refractivity contribution in [1.29, 1.82) is 0 Å². The average Bonchev–Trinajstić information content (AvgIpc) is 3.35. The van der Waals surface area contributed by atoms with Gasteiger partial charge < -0.3 is 28.8 Å². The minimum atomic E-state index is -1.78. The monoisotopic (exact) mass is 718 g/mol. The van der Waals surface area contributed by atoms with Crippen LogP contribution < -0.4 is 0 Å². The molecule has 0 spiro atoms. The molecule has 0 amide bonds. The molecule has 2 fully saturated rings. The van der Waals surface area contributed by atoms with E-state index in [1.807, 2.05) is 13.8 Å². The van der Waals surface area contributed by atoms with Crippen LogP contribution in [0.25, 0.3) is 0 Å². The quantitative estimate of drug-likeness (QED) is 0.141. The molecule has 0 aliphatic heterocycles. The van der Waals surface area contributed by atoms with Crippen molar-refractivity contribution in [2.75, 3.05) is 13.7 Å². The number of fused-ring (bicyclic) bond motifs is 3. The van der Waals surface area contributed by atoms with Gasteiger partial charge in [-0.15, -0.1) is 0 Å². The summed E-state index contributed by atoms with van der Waals surface area (Å²) in [5.41, 5.74) is -2.17. The van der Waals surface area contributed by atoms with Crippen LogP contribution in [-0.4, -0.2) is 78.4 Å². The SMILES string of the molecule is C=C(C)[C@@H]1C[C@@H](OC(C)=O)[C@@]2(C)C3=CC[C@@H]([C@@H](COC(C)=O)C[C@@H](OC(C)=O)C(=O)C(C)(C)O)[C@]3(C)CC[C@@H]2[C@@]1(C)[C@H](CC(=O)OC)OC(C)=O. The van der Waals surface area contributed by atoms with E-state index in [2.05, 4.69) is 26.5 Å². The molecule has 0 saturated heterocycles. The van der Waals surface area contributed by atoms with Crippen LogP contribution in [0.5, 0.6) is 0 Å². The maximum atomic E-state index is 13.4. The first-order valence-electron chi connectivity index (χ1n) is 17.8. The molecule has 3 aliphatic carbocycles. The van der Waals surface area contributed by atoms with Crippen LogP contribution in [0.1, 0.15) is 108 Å². The number of carbonyl (C=O) groups excluding carboxylic acids is 6. The summed E-state index contributed by atoms with van der Waals surface area (Å²) in [7, 11) is 1.29. The van der Waals surface area contributed by atoms with Gasteiger partial charge in [-0.2, -0.15) is 0 Å². The summed E-state index contributed by atoms with van der Waals surface area (Å²) >= 11 is 0. The second-order valence-corrected chi connectivity index (χ2v) is 16.0. The Balaban J connectivity index is 2.21. The highest BCUT2D eigenvalue weighted by molar-refractivity contribution is 5.91. The smallest absolute Gasteiger partial charge is 0.309 e. The maximum absolute atomic E-state index is 13.4. The topological polar surface area (TPSA) is 169 Å². The molecule has 51 heavy (non-hydrogen) atoms. The highest BCUT2D eigenvalue weighted by Gasteiger charge is 2.69. The first-order chi connectivity index (χ1) is 23.4. The fourth-order valence-electron chi connectivity index (χ4n) is 10.1. The number of methoxy groups -OCH3 is 1. The van der Waals surface area contributed by atoms with E-state index >= 15 is 0 Å². The predicted molar refractivity (Wildman–Crippen MR) is 185 cm³/mol. The van der Waals surface area contributed by atoms with Crippen LogP contribution in [0.15, 0.2) is 23.8 Å². The van der Waals surface area contributed by atoms with Gasteiger partial charge in [-0.25, -0.2) is 0 Å². The summed E-state index contributed by atoms with van der Waals surface area (Å²) in [6, 6.07) is 0. The van der Waals surface area contributed by atoms with Crippen molar-refractivity contribution in [3.63, 3.8) is 0 Å². The molecule has 0 aromatic rings. The van der Waals surface area contributed by atoms with E-state index in [0.717, 1.165) is 11.1 Å². The number of hydrogen-bond acceptors (Lipinski definition) is 12. The number of hydrogen-bond donors (Lipinski definition) is 1. The fraction of sp³-hybridized carbons (Fsp3) is 0.744. The molecule has 286 valence electrons. The third-order valence-corrected chi connectivity index (χ3v) is 12.2. The Bertz CT molecular complexity index is 1440. The van der Waals surface area contributed by atoms with Crippen LogP contribution in [0.4, 0.5) is 0 Å². The van der Waals surface area contributed by atoms with Gasteiger partial charge in [0.1, 0.15) is 17.8 Å². The Labute approximate surface area is 302 Å². The van der Waals surface area contributed by atoms with Gasteiger partial charge in [0.15, 0.2) is 6.10 Å². The molecular formula is C39H58O12. The van der Waals surface area contributed by atoms with Crippen molar-refractivity contribution in [2.45, 2.75) is 132 Å². The van der Waals surface area contributed by atoms with Gasteiger partial charge in [0.2, 0.25) is 5.78 Å². The number of ketones is 1. The van der Waals surface area contributed by atoms with E-state index in [0.29, 0.717) is 25.7 Å². The zero-order chi connectivity index (χ0) is 38.9. The van der Waals surface area contributed by atoms with E-state index in [-0.39, 0.29) is 37.2 Å². The zero-order valence-electron chi connectivity index (χ0n) is 32.2. The molecule has 2 saturated carbocycles. The Morgan fingerprint density at radius 2 is 1.57 bits per heavy atom. The number of ether oxygens (including phenoxy) is 5. The third kappa shape index (κ3) is 8.42. The minimum Gasteiger partial charge on any atom is -0.469 e. The molecule has 3 rings (SSSR count). The fourth-order valence-corrected chi connectivity index (χ4v) is 10.1. The van der Waals surface area contributed by atoms with Crippen molar-refractivity contribution < 1.29 is 57.6 Å². The second kappa shape index (κ2) is 15.6. The lowest BCUT2D eigenvalue weighted by atomic mass is 9.40. The third-order valence-electron chi connectivity index (χ3n) is 12.2. The molecule has 0 heterocycles. The van der Waals surface area contributed by atoms with Crippen LogP contribution in [0.3, 0.4) is 0 Å². The Morgan fingerprint density at radius 3 is 2.06 bits per heavy atom. The molecule has 0 aromatic heterocycles. The second-order valence-electron chi connectivity index (χ2n) is 16.0. The summed E-state index contributed by atoms with van der Waals surface area (Å²) in [5, 5.41) is 10.6. The van der Waals surface area contributed by atoms with Gasteiger partial charge in [-0.05, 0) is 76.0 Å². The predicted octanol–water partition coefficient (Wildman–Crippen LogP) is 5.23. The molecule has 0 radical (unpaired) electrons. The molecule has 0 unspecified atom stereocenters. The number of rotatable bonds is 14. The van der Waals surface area contributed by atoms with Crippen LogP contribution >= 0.6 is 0 Å². The van der Waals surface area contributed by atoms with E-state index < -0.39 is 81.7 Å². The molecule has 12 nitrogen and oxygen atoms in total. The Kier molecular flexibility index (Phi) is 12.8. The van der Waals surface area contributed by atoms with E-state index in [9.17, 15) is 33.9 Å². The molecule has 0 aromatic carbocycles. The summed E-state index contributed by atoms with van der Waals surface area (Å²) in [6.45, 7) is 20.2. The standard InChI is InChI=1S/C39H58O12/c1-21(2)28-18-32(50-24(5)42)39(11)30-14-13-27(26(20-48-22(3)40)17-29(49-23(4)41)35(45)36(7,8)46)37(30,9)16-15-31(39)38(28,10)33(51-25(6)43)19-34(44)47-12/h14,26-29,31-33,46H,1,13,15-20H2,2-12H3/t26-,27+,28+,29-,31-,32-,33+,37+,38+,39+/m1/s1. The number of allylic oxidation sites excluding steroid dienone is 2. The highest BCUT2D eigenvalue weighted by Crippen LogP contribution is 2.71. The molecule has 1 N–H and O–H groups in total. The van der Waals surface area contributed by atoms with Gasteiger partial charge >= 0.3 is 29.8 Å². The number of carbonyl (C=O) groups is 6. The van der Waals surface area contributed by atoms with Crippen LogP contribution in [0, 0.1) is 39.9 Å². The summed E-state index contributed by atoms with van der Waals surface area (Å²) < 4.78 is 28.3. The summed E-state index contributed by atoms with van der Waals surface area (Å²) in [5.74, 6) is -4.60. The first-order valence-corrected chi connectivity index (χ1v) is 17.8.